The van der Waals surface area contributed by atoms with Crippen LogP contribution in [0.5, 0.6) is 0 Å². The van der Waals surface area contributed by atoms with Crippen LogP contribution in [-0.4, -0.2) is 25.9 Å². The topological polar surface area (TPSA) is 101 Å². The van der Waals surface area contributed by atoms with Gasteiger partial charge in [-0.1, -0.05) is 13.3 Å². The van der Waals surface area contributed by atoms with E-state index >= 15 is 0 Å². The number of anilines is 1. The summed E-state index contributed by atoms with van der Waals surface area (Å²) < 4.78 is 27.6. The van der Waals surface area contributed by atoms with E-state index in [1.54, 1.807) is 13.8 Å². The van der Waals surface area contributed by atoms with Crippen LogP contribution in [0.25, 0.3) is 0 Å². The molecule has 0 heterocycles. The summed E-state index contributed by atoms with van der Waals surface area (Å²) in [5, 5.41) is 13.4. The van der Waals surface area contributed by atoms with Crippen molar-refractivity contribution < 1.29 is 13.3 Å². The molecule has 0 saturated heterocycles. The first-order chi connectivity index (χ1) is 9.63. The second-order valence-electron chi connectivity index (χ2n) is 5.43. The van der Waals surface area contributed by atoms with Crippen molar-refractivity contribution in [2.75, 3.05) is 12.4 Å². The summed E-state index contributed by atoms with van der Waals surface area (Å²) in [6, 6.07) is 3.64. The molecule has 0 fully saturated rings. The van der Waals surface area contributed by atoms with Crippen LogP contribution in [-0.2, 0) is 10.0 Å². The Balaban J connectivity index is 3.22. The van der Waals surface area contributed by atoms with E-state index in [0.29, 0.717) is 6.42 Å². The molecule has 1 aromatic rings. The molecular weight excluding hydrogens is 294 g/mol. The van der Waals surface area contributed by atoms with Gasteiger partial charge in [-0.25, -0.2) is 13.1 Å². The van der Waals surface area contributed by atoms with E-state index < -0.39 is 20.5 Å². The normalized spacial score (nSPS) is 12.2. The molecule has 8 heteroatoms. The summed E-state index contributed by atoms with van der Waals surface area (Å²) in [7, 11) is -2.24. The van der Waals surface area contributed by atoms with Gasteiger partial charge in [-0.2, -0.15) is 0 Å². The van der Waals surface area contributed by atoms with E-state index in [9.17, 15) is 18.5 Å². The Morgan fingerprint density at radius 2 is 1.95 bits per heavy atom. The van der Waals surface area contributed by atoms with Crippen molar-refractivity contribution in [1.29, 1.82) is 0 Å². The standard InChI is InChI=1S/C13H21N3O4S/c1-5-8-13(2,3)15-21(19,20)12-7-6-10(16(17)18)9-11(12)14-4/h6-7,9,14-15H,5,8H2,1-4H3. The van der Waals surface area contributed by atoms with Gasteiger partial charge in [0, 0.05) is 24.7 Å². The average Bonchev–Trinajstić information content (AvgIpc) is 2.36. The molecule has 0 saturated carbocycles. The zero-order valence-electron chi connectivity index (χ0n) is 12.6. The van der Waals surface area contributed by atoms with Crippen molar-refractivity contribution in [3.05, 3.63) is 28.3 Å². The highest BCUT2D eigenvalue weighted by atomic mass is 32.2. The molecule has 0 spiro atoms. The Labute approximate surface area is 124 Å². The van der Waals surface area contributed by atoms with Crippen LogP contribution in [0.3, 0.4) is 0 Å². The molecule has 1 aromatic carbocycles. The molecule has 0 aliphatic heterocycles. The lowest BCUT2D eigenvalue weighted by atomic mass is 10.0. The van der Waals surface area contributed by atoms with E-state index in [-0.39, 0.29) is 16.3 Å². The number of rotatable bonds is 7. The minimum absolute atomic E-state index is 0.000205. The molecule has 2 N–H and O–H groups in total. The van der Waals surface area contributed by atoms with Gasteiger partial charge in [0.1, 0.15) is 4.90 Å². The average molecular weight is 315 g/mol. The summed E-state index contributed by atoms with van der Waals surface area (Å²) in [5.41, 5.74) is -0.546. The molecule has 21 heavy (non-hydrogen) atoms. The van der Waals surface area contributed by atoms with Crippen LogP contribution in [0.15, 0.2) is 23.1 Å². The first kappa shape index (κ1) is 17.4. The summed E-state index contributed by atoms with van der Waals surface area (Å²) in [4.78, 5) is 10.2. The van der Waals surface area contributed by atoms with Gasteiger partial charge in [0.2, 0.25) is 10.0 Å². The second kappa shape index (κ2) is 6.40. The third kappa shape index (κ3) is 4.40. The Kier molecular flexibility index (Phi) is 5.30. The molecule has 0 aliphatic rings. The molecule has 0 aliphatic carbocycles. The highest BCUT2D eigenvalue weighted by Crippen LogP contribution is 2.27. The largest absolute Gasteiger partial charge is 0.387 e. The van der Waals surface area contributed by atoms with Crippen molar-refractivity contribution in [1.82, 2.24) is 4.72 Å². The third-order valence-electron chi connectivity index (χ3n) is 3.02. The monoisotopic (exact) mass is 315 g/mol. The van der Waals surface area contributed by atoms with E-state index in [0.717, 1.165) is 6.42 Å². The molecule has 0 atom stereocenters. The van der Waals surface area contributed by atoms with Crippen LogP contribution in [0.2, 0.25) is 0 Å². The summed E-state index contributed by atoms with van der Waals surface area (Å²) in [6.07, 6.45) is 1.53. The minimum Gasteiger partial charge on any atom is -0.387 e. The fourth-order valence-electron chi connectivity index (χ4n) is 2.16. The summed E-state index contributed by atoms with van der Waals surface area (Å²) in [6.45, 7) is 5.58. The van der Waals surface area contributed by atoms with Crippen LogP contribution >= 0.6 is 0 Å². The molecule has 0 bridgehead atoms. The van der Waals surface area contributed by atoms with Crippen LogP contribution in [0.4, 0.5) is 11.4 Å². The predicted molar refractivity (Wildman–Crippen MR) is 82.0 cm³/mol. The van der Waals surface area contributed by atoms with Crippen molar-refractivity contribution in [2.45, 2.75) is 44.0 Å². The highest BCUT2D eigenvalue weighted by Gasteiger charge is 2.28. The smallest absolute Gasteiger partial charge is 0.271 e. The molecule has 118 valence electrons. The highest BCUT2D eigenvalue weighted by molar-refractivity contribution is 7.89. The van der Waals surface area contributed by atoms with Gasteiger partial charge in [0.05, 0.1) is 10.6 Å². The van der Waals surface area contributed by atoms with Gasteiger partial charge in [-0.05, 0) is 26.3 Å². The minimum atomic E-state index is -3.76. The lowest BCUT2D eigenvalue weighted by molar-refractivity contribution is -0.384. The Hall–Kier alpha value is -1.67. The van der Waals surface area contributed by atoms with Crippen molar-refractivity contribution >= 4 is 21.4 Å². The lowest BCUT2D eigenvalue weighted by Gasteiger charge is -2.26. The van der Waals surface area contributed by atoms with Gasteiger partial charge in [0.15, 0.2) is 0 Å². The van der Waals surface area contributed by atoms with E-state index in [4.69, 9.17) is 0 Å². The Morgan fingerprint density at radius 1 is 1.33 bits per heavy atom. The van der Waals surface area contributed by atoms with Crippen molar-refractivity contribution in [2.24, 2.45) is 0 Å². The Morgan fingerprint density at radius 3 is 2.43 bits per heavy atom. The lowest BCUT2D eigenvalue weighted by Crippen LogP contribution is -2.43. The number of nitro groups is 1. The van der Waals surface area contributed by atoms with Crippen molar-refractivity contribution in [3.63, 3.8) is 0 Å². The fourth-order valence-corrected chi connectivity index (χ4v) is 3.79. The number of hydrogen-bond donors (Lipinski definition) is 2. The fraction of sp³-hybridized carbons (Fsp3) is 0.538. The molecular formula is C13H21N3O4S. The molecule has 0 amide bonds. The number of non-ortho nitro benzene ring substituents is 1. The summed E-state index contributed by atoms with van der Waals surface area (Å²) in [5.74, 6) is 0. The Bertz CT molecular complexity index is 626. The van der Waals surface area contributed by atoms with Gasteiger partial charge < -0.3 is 5.32 Å². The van der Waals surface area contributed by atoms with Gasteiger partial charge in [-0.15, -0.1) is 0 Å². The van der Waals surface area contributed by atoms with Gasteiger partial charge >= 0.3 is 0 Å². The zero-order chi connectivity index (χ0) is 16.3. The van der Waals surface area contributed by atoms with Crippen LogP contribution in [0, 0.1) is 10.1 Å². The zero-order valence-corrected chi connectivity index (χ0v) is 13.5. The first-order valence-electron chi connectivity index (χ1n) is 6.63. The van der Waals surface area contributed by atoms with Gasteiger partial charge in [0.25, 0.3) is 5.69 Å². The quantitative estimate of drug-likeness (QED) is 0.594. The van der Waals surface area contributed by atoms with Crippen molar-refractivity contribution in [3.8, 4) is 0 Å². The molecule has 1 rings (SSSR count). The number of nitrogens with one attached hydrogen (secondary N) is 2. The van der Waals surface area contributed by atoms with E-state index in [2.05, 4.69) is 10.0 Å². The maximum absolute atomic E-state index is 12.5. The molecule has 0 aromatic heterocycles. The number of nitro benzene ring substituents is 1. The summed E-state index contributed by atoms with van der Waals surface area (Å²) >= 11 is 0. The van der Waals surface area contributed by atoms with Gasteiger partial charge in [-0.3, -0.25) is 10.1 Å². The number of benzene rings is 1. The number of sulfonamides is 1. The maximum Gasteiger partial charge on any atom is 0.271 e. The first-order valence-corrected chi connectivity index (χ1v) is 8.11. The van der Waals surface area contributed by atoms with Crippen LogP contribution < -0.4 is 10.0 Å². The predicted octanol–water partition coefficient (Wildman–Crippen LogP) is 2.49. The maximum atomic E-state index is 12.5. The molecule has 7 nitrogen and oxygen atoms in total. The second-order valence-corrected chi connectivity index (χ2v) is 7.08. The number of hydrogen-bond acceptors (Lipinski definition) is 5. The SMILES string of the molecule is CCCC(C)(C)NS(=O)(=O)c1ccc([N+](=O)[O-])cc1NC. The van der Waals surface area contributed by atoms with E-state index in [1.165, 1.54) is 25.2 Å². The molecule has 0 radical (unpaired) electrons. The third-order valence-corrected chi connectivity index (χ3v) is 4.77. The van der Waals surface area contributed by atoms with E-state index in [1.807, 2.05) is 6.92 Å². The molecule has 0 unspecified atom stereocenters. The van der Waals surface area contributed by atoms with Crippen LogP contribution in [0.1, 0.15) is 33.6 Å². The number of nitrogens with zero attached hydrogens (tertiary/aromatic N) is 1.